The Morgan fingerprint density at radius 2 is 2.24 bits per heavy atom. The highest BCUT2D eigenvalue weighted by Crippen LogP contribution is 2.32. The van der Waals surface area contributed by atoms with Gasteiger partial charge in [0.15, 0.2) is 0 Å². The summed E-state index contributed by atoms with van der Waals surface area (Å²) in [4.78, 5) is 0. The van der Waals surface area contributed by atoms with E-state index in [0.29, 0.717) is 5.92 Å². The fraction of sp³-hybridized carbons (Fsp3) is 0.769. The third kappa shape index (κ3) is 3.82. The van der Waals surface area contributed by atoms with E-state index in [2.05, 4.69) is 16.5 Å². The first-order chi connectivity index (χ1) is 8.40. The van der Waals surface area contributed by atoms with Crippen LogP contribution in [0.5, 0.6) is 0 Å². The standard InChI is InChI=1S/C13H22N2O2/c1-16-8-7-14-10-12-9-13(17-15-12)11-5-3-2-4-6-11/h9,11,14H,2-8,10H2,1H3. The molecule has 1 aromatic heterocycles. The molecule has 1 aliphatic rings. The Balaban J connectivity index is 1.78. The second-order valence-electron chi connectivity index (χ2n) is 4.73. The molecule has 0 bridgehead atoms. The second kappa shape index (κ2) is 6.77. The molecular weight excluding hydrogens is 216 g/mol. The van der Waals surface area contributed by atoms with Gasteiger partial charge in [0.05, 0.1) is 12.3 Å². The van der Waals surface area contributed by atoms with Gasteiger partial charge in [-0.1, -0.05) is 24.4 Å². The highest BCUT2D eigenvalue weighted by molar-refractivity contribution is 5.10. The number of rotatable bonds is 6. The van der Waals surface area contributed by atoms with Crippen LogP contribution in [0.4, 0.5) is 0 Å². The SMILES string of the molecule is COCCNCc1cc(C2CCCCC2)on1. The van der Waals surface area contributed by atoms with E-state index in [0.717, 1.165) is 31.2 Å². The van der Waals surface area contributed by atoms with Gasteiger partial charge in [-0.05, 0) is 12.8 Å². The van der Waals surface area contributed by atoms with Crippen LogP contribution in [0.25, 0.3) is 0 Å². The molecule has 0 radical (unpaired) electrons. The van der Waals surface area contributed by atoms with Crippen LogP contribution in [-0.2, 0) is 11.3 Å². The zero-order chi connectivity index (χ0) is 11.9. The monoisotopic (exact) mass is 238 g/mol. The molecule has 0 aliphatic heterocycles. The fourth-order valence-electron chi connectivity index (χ4n) is 2.38. The highest BCUT2D eigenvalue weighted by Gasteiger charge is 2.19. The van der Waals surface area contributed by atoms with E-state index in [1.165, 1.54) is 32.1 Å². The van der Waals surface area contributed by atoms with Crippen molar-refractivity contribution in [3.05, 3.63) is 17.5 Å². The molecule has 1 heterocycles. The minimum atomic E-state index is 0.601. The molecule has 1 aliphatic carbocycles. The molecule has 96 valence electrons. The van der Waals surface area contributed by atoms with Gasteiger partial charge in [-0.15, -0.1) is 0 Å². The molecule has 0 atom stereocenters. The van der Waals surface area contributed by atoms with E-state index >= 15 is 0 Å². The average molecular weight is 238 g/mol. The van der Waals surface area contributed by atoms with Crippen LogP contribution < -0.4 is 5.32 Å². The van der Waals surface area contributed by atoms with Crippen molar-refractivity contribution in [1.29, 1.82) is 0 Å². The average Bonchev–Trinajstić information content (AvgIpc) is 2.85. The molecule has 0 amide bonds. The van der Waals surface area contributed by atoms with Crippen LogP contribution in [0.3, 0.4) is 0 Å². The third-order valence-electron chi connectivity index (χ3n) is 3.37. The predicted octanol–water partition coefficient (Wildman–Crippen LogP) is 2.46. The summed E-state index contributed by atoms with van der Waals surface area (Å²) in [7, 11) is 1.71. The van der Waals surface area contributed by atoms with Crippen molar-refractivity contribution in [1.82, 2.24) is 10.5 Å². The summed E-state index contributed by atoms with van der Waals surface area (Å²) in [5.41, 5.74) is 1.00. The van der Waals surface area contributed by atoms with Gasteiger partial charge in [-0.3, -0.25) is 0 Å². The number of nitrogens with zero attached hydrogens (tertiary/aromatic N) is 1. The quantitative estimate of drug-likeness (QED) is 0.773. The highest BCUT2D eigenvalue weighted by atomic mass is 16.5. The normalized spacial score (nSPS) is 17.5. The zero-order valence-electron chi connectivity index (χ0n) is 10.6. The van der Waals surface area contributed by atoms with Gasteiger partial charge in [-0.2, -0.15) is 0 Å². The molecule has 1 fully saturated rings. The Morgan fingerprint density at radius 1 is 1.41 bits per heavy atom. The molecule has 0 aromatic carbocycles. The van der Waals surface area contributed by atoms with Crippen molar-refractivity contribution in [2.24, 2.45) is 0 Å². The minimum absolute atomic E-state index is 0.601. The van der Waals surface area contributed by atoms with Crippen LogP contribution >= 0.6 is 0 Å². The summed E-state index contributed by atoms with van der Waals surface area (Å²) < 4.78 is 10.4. The third-order valence-corrected chi connectivity index (χ3v) is 3.37. The van der Waals surface area contributed by atoms with E-state index in [1.54, 1.807) is 7.11 Å². The molecule has 2 rings (SSSR count). The largest absolute Gasteiger partial charge is 0.383 e. The Kier molecular flexibility index (Phi) is 5.01. The molecule has 1 saturated carbocycles. The summed E-state index contributed by atoms with van der Waals surface area (Å²) in [6.07, 6.45) is 6.53. The Labute approximate surface area is 103 Å². The number of hydrogen-bond donors (Lipinski definition) is 1. The van der Waals surface area contributed by atoms with E-state index < -0.39 is 0 Å². The van der Waals surface area contributed by atoms with Crippen molar-refractivity contribution < 1.29 is 9.26 Å². The number of hydrogen-bond acceptors (Lipinski definition) is 4. The molecule has 1 N–H and O–H groups in total. The maximum Gasteiger partial charge on any atom is 0.140 e. The molecule has 17 heavy (non-hydrogen) atoms. The van der Waals surface area contributed by atoms with Crippen LogP contribution in [0.1, 0.15) is 49.5 Å². The number of methoxy groups -OCH3 is 1. The van der Waals surface area contributed by atoms with Crippen molar-refractivity contribution in [2.75, 3.05) is 20.3 Å². The topological polar surface area (TPSA) is 47.3 Å². The predicted molar refractivity (Wildman–Crippen MR) is 65.9 cm³/mol. The Hall–Kier alpha value is -0.870. The lowest BCUT2D eigenvalue weighted by molar-refractivity contribution is 0.199. The molecule has 0 unspecified atom stereocenters. The first-order valence-corrected chi connectivity index (χ1v) is 6.55. The lowest BCUT2D eigenvalue weighted by atomic mass is 9.87. The zero-order valence-corrected chi connectivity index (χ0v) is 10.6. The van der Waals surface area contributed by atoms with E-state index in [4.69, 9.17) is 9.26 Å². The van der Waals surface area contributed by atoms with Gasteiger partial charge < -0.3 is 14.6 Å². The molecule has 4 heteroatoms. The van der Waals surface area contributed by atoms with Gasteiger partial charge in [0.2, 0.25) is 0 Å². The minimum Gasteiger partial charge on any atom is -0.383 e. The smallest absolute Gasteiger partial charge is 0.140 e. The van der Waals surface area contributed by atoms with Gasteiger partial charge in [0.25, 0.3) is 0 Å². The maximum atomic E-state index is 5.44. The van der Waals surface area contributed by atoms with Crippen molar-refractivity contribution in [3.8, 4) is 0 Å². The fourth-order valence-corrected chi connectivity index (χ4v) is 2.38. The van der Waals surface area contributed by atoms with Gasteiger partial charge in [0, 0.05) is 32.2 Å². The number of ether oxygens (including phenoxy) is 1. The van der Waals surface area contributed by atoms with Crippen molar-refractivity contribution >= 4 is 0 Å². The van der Waals surface area contributed by atoms with Crippen molar-refractivity contribution in [3.63, 3.8) is 0 Å². The van der Waals surface area contributed by atoms with Gasteiger partial charge >= 0.3 is 0 Å². The lowest BCUT2D eigenvalue weighted by Crippen LogP contribution is -2.18. The molecule has 0 saturated heterocycles. The molecular formula is C13H22N2O2. The van der Waals surface area contributed by atoms with Crippen LogP contribution in [-0.4, -0.2) is 25.4 Å². The first-order valence-electron chi connectivity index (χ1n) is 6.55. The van der Waals surface area contributed by atoms with Crippen LogP contribution in [0.2, 0.25) is 0 Å². The van der Waals surface area contributed by atoms with Gasteiger partial charge in [-0.25, -0.2) is 0 Å². The summed E-state index contributed by atoms with van der Waals surface area (Å²) >= 11 is 0. The maximum absolute atomic E-state index is 5.44. The summed E-state index contributed by atoms with van der Waals surface area (Å²) in [6.45, 7) is 2.34. The Morgan fingerprint density at radius 3 is 3.00 bits per heavy atom. The summed E-state index contributed by atoms with van der Waals surface area (Å²) in [6, 6.07) is 2.11. The number of aromatic nitrogens is 1. The summed E-state index contributed by atoms with van der Waals surface area (Å²) in [5.74, 6) is 1.68. The van der Waals surface area contributed by atoms with Crippen molar-refractivity contribution in [2.45, 2.75) is 44.6 Å². The Bertz CT molecular complexity index is 319. The molecule has 4 nitrogen and oxygen atoms in total. The summed E-state index contributed by atoms with van der Waals surface area (Å²) in [5, 5.41) is 7.38. The van der Waals surface area contributed by atoms with Gasteiger partial charge in [0.1, 0.15) is 5.76 Å². The van der Waals surface area contributed by atoms with Crippen LogP contribution in [0.15, 0.2) is 10.6 Å². The van der Waals surface area contributed by atoms with E-state index in [-0.39, 0.29) is 0 Å². The first kappa shape index (κ1) is 12.6. The number of nitrogens with one attached hydrogen (secondary N) is 1. The van der Waals surface area contributed by atoms with E-state index in [1.807, 2.05) is 0 Å². The molecule has 1 aromatic rings. The molecule has 0 spiro atoms. The van der Waals surface area contributed by atoms with Crippen LogP contribution in [0, 0.1) is 0 Å². The lowest BCUT2D eigenvalue weighted by Gasteiger charge is -2.18. The second-order valence-corrected chi connectivity index (χ2v) is 4.73. The van der Waals surface area contributed by atoms with E-state index in [9.17, 15) is 0 Å².